The minimum atomic E-state index is -0.0716. The van der Waals surface area contributed by atoms with Gasteiger partial charge in [-0.15, -0.1) is 5.10 Å². The smallest absolute Gasteiger partial charge is 0.243 e. The van der Waals surface area contributed by atoms with Crippen molar-refractivity contribution in [3.8, 4) is 11.9 Å². The number of nitriles is 1. The van der Waals surface area contributed by atoms with E-state index in [2.05, 4.69) is 28.4 Å². The van der Waals surface area contributed by atoms with Gasteiger partial charge in [0, 0.05) is 17.2 Å². The zero-order valence-corrected chi connectivity index (χ0v) is 11.8. The second kappa shape index (κ2) is 5.33. The summed E-state index contributed by atoms with van der Waals surface area (Å²) in [5.74, 6) is 0.578. The lowest BCUT2D eigenvalue weighted by Gasteiger charge is -2.23. The highest BCUT2D eigenvalue weighted by atomic mass is 16.5. The number of hydrogen-bond donors (Lipinski definition) is 2. The van der Waals surface area contributed by atoms with Crippen molar-refractivity contribution in [1.29, 1.82) is 5.26 Å². The number of rotatable bonds is 3. The molecule has 3 N–H and O–H groups in total. The van der Waals surface area contributed by atoms with Gasteiger partial charge >= 0.3 is 0 Å². The van der Waals surface area contributed by atoms with Crippen molar-refractivity contribution >= 4 is 0 Å². The molecule has 0 saturated heterocycles. The average molecular weight is 280 g/mol. The highest BCUT2D eigenvalue weighted by Crippen LogP contribution is 2.40. The lowest BCUT2D eigenvalue weighted by atomic mass is 9.85. The van der Waals surface area contributed by atoms with Crippen molar-refractivity contribution in [2.75, 3.05) is 0 Å². The fourth-order valence-electron chi connectivity index (χ4n) is 2.76. The van der Waals surface area contributed by atoms with E-state index in [1.807, 2.05) is 25.1 Å². The molecule has 0 amide bonds. The van der Waals surface area contributed by atoms with Crippen molar-refractivity contribution < 1.29 is 4.74 Å². The van der Waals surface area contributed by atoms with Crippen LogP contribution >= 0.6 is 0 Å². The molecule has 5 heteroatoms. The number of aryl methyl sites for hydroxylation is 2. The number of fused-ring (bicyclic) bond motifs is 1. The Balaban J connectivity index is 1.91. The summed E-state index contributed by atoms with van der Waals surface area (Å²) in [7, 11) is 0. The van der Waals surface area contributed by atoms with E-state index < -0.39 is 0 Å². The summed E-state index contributed by atoms with van der Waals surface area (Å²) in [5.41, 5.74) is 9.44. The molecule has 0 bridgehead atoms. The van der Waals surface area contributed by atoms with Crippen molar-refractivity contribution in [3.63, 3.8) is 0 Å². The van der Waals surface area contributed by atoms with Crippen molar-refractivity contribution in [1.82, 2.24) is 10.2 Å². The number of benzene rings is 1. The number of nitrogens with zero attached hydrogens (tertiary/aromatic N) is 2. The maximum Gasteiger partial charge on any atom is 0.243 e. The normalized spacial score (nSPS) is 17.0. The highest BCUT2D eigenvalue weighted by molar-refractivity contribution is 5.48. The Kier molecular flexibility index (Phi) is 3.36. The summed E-state index contributed by atoms with van der Waals surface area (Å²) in [6.45, 7) is 1.93. The zero-order chi connectivity index (χ0) is 14.8. The number of allylic oxidation sites excluding steroid dienone is 1. The molecule has 2 aromatic rings. The molecule has 1 aliphatic heterocycles. The molecular weight excluding hydrogens is 264 g/mol. The predicted octanol–water partition coefficient (Wildman–Crippen LogP) is 2.52. The Hall–Kier alpha value is -2.74. The molecule has 5 nitrogen and oxygen atoms in total. The first-order valence-electron chi connectivity index (χ1n) is 6.87. The van der Waals surface area contributed by atoms with Gasteiger partial charge in [-0.05, 0) is 25.3 Å². The van der Waals surface area contributed by atoms with Gasteiger partial charge in [-0.2, -0.15) is 5.26 Å². The molecular formula is C16H16N4O. The van der Waals surface area contributed by atoms with Gasteiger partial charge in [-0.3, -0.25) is 5.10 Å². The van der Waals surface area contributed by atoms with Crippen LogP contribution in [0.3, 0.4) is 0 Å². The number of nitrogens with one attached hydrogen (secondary N) is 1. The summed E-state index contributed by atoms with van der Waals surface area (Å²) in [6, 6.07) is 12.4. The maximum absolute atomic E-state index is 9.38. The molecule has 0 radical (unpaired) electrons. The number of aromatic amines is 1. The molecule has 0 spiro atoms. The van der Waals surface area contributed by atoms with Crippen LogP contribution in [0.2, 0.25) is 0 Å². The van der Waals surface area contributed by atoms with E-state index in [4.69, 9.17) is 10.5 Å². The third-order valence-corrected chi connectivity index (χ3v) is 3.81. The Bertz CT molecular complexity index is 724. The second-order valence-corrected chi connectivity index (χ2v) is 5.14. The molecule has 1 aromatic carbocycles. The Morgan fingerprint density at radius 1 is 1.38 bits per heavy atom. The molecule has 106 valence electrons. The quantitative estimate of drug-likeness (QED) is 0.904. The van der Waals surface area contributed by atoms with Crippen LogP contribution in [0, 0.1) is 18.3 Å². The lowest BCUT2D eigenvalue weighted by Crippen LogP contribution is -2.20. The van der Waals surface area contributed by atoms with Crippen LogP contribution in [0.4, 0.5) is 0 Å². The molecule has 0 fully saturated rings. The number of H-pyrrole nitrogens is 1. The van der Waals surface area contributed by atoms with Crippen LogP contribution in [-0.2, 0) is 6.42 Å². The van der Waals surface area contributed by atoms with Crippen LogP contribution in [0.1, 0.15) is 29.2 Å². The third-order valence-electron chi connectivity index (χ3n) is 3.81. The van der Waals surface area contributed by atoms with Gasteiger partial charge in [0.05, 0.1) is 5.57 Å². The largest absolute Gasteiger partial charge is 0.420 e. The summed E-state index contributed by atoms with van der Waals surface area (Å²) in [5, 5.41) is 16.4. The monoisotopic (exact) mass is 280 g/mol. The first-order chi connectivity index (χ1) is 10.2. The summed E-state index contributed by atoms with van der Waals surface area (Å²) in [6.07, 6.45) is 1.67. The predicted molar refractivity (Wildman–Crippen MR) is 78.3 cm³/mol. The fourth-order valence-corrected chi connectivity index (χ4v) is 2.76. The van der Waals surface area contributed by atoms with Gasteiger partial charge in [-0.1, -0.05) is 30.3 Å². The van der Waals surface area contributed by atoms with Crippen LogP contribution in [0.15, 0.2) is 41.8 Å². The van der Waals surface area contributed by atoms with Gasteiger partial charge in [0.15, 0.2) is 0 Å². The van der Waals surface area contributed by atoms with Crippen molar-refractivity contribution in [3.05, 3.63) is 58.6 Å². The Morgan fingerprint density at radius 2 is 2.14 bits per heavy atom. The van der Waals surface area contributed by atoms with Crippen LogP contribution < -0.4 is 10.5 Å². The summed E-state index contributed by atoms with van der Waals surface area (Å²) in [4.78, 5) is 0. The van der Waals surface area contributed by atoms with Crippen LogP contribution in [0.5, 0.6) is 5.88 Å². The van der Waals surface area contributed by atoms with Gasteiger partial charge in [-0.25, -0.2) is 0 Å². The molecule has 0 aliphatic carbocycles. The number of nitrogens with two attached hydrogens (primary N) is 1. The molecule has 21 heavy (non-hydrogen) atoms. The van der Waals surface area contributed by atoms with Crippen LogP contribution in [0.25, 0.3) is 0 Å². The third kappa shape index (κ3) is 2.36. The fraction of sp³-hybridized carbons (Fsp3) is 0.250. The minimum Gasteiger partial charge on any atom is -0.420 e. The highest BCUT2D eigenvalue weighted by Gasteiger charge is 2.32. The standard InChI is InChI=1S/C16H16N4O/c1-10-14-12(8-7-11-5-3-2-4-6-11)13(9-17)15(18)21-16(14)20-19-10/h2-6,12H,7-8,18H2,1H3,(H,19,20)/t12-/m1/s1. The van der Waals surface area contributed by atoms with Gasteiger partial charge < -0.3 is 10.5 Å². The van der Waals surface area contributed by atoms with E-state index in [0.717, 1.165) is 24.1 Å². The summed E-state index contributed by atoms with van der Waals surface area (Å²) < 4.78 is 5.43. The van der Waals surface area contributed by atoms with Gasteiger partial charge in [0.2, 0.25) is 11.8 Å². The average Bonchev–Trinajstić information content (AvgIpc) is 2.86. The number of ether oxygens (including phenoxy) is 1. The molecule has 1 atom stereocenters. The SMILES string of the molecule is Cc1[nH]nc2c1[C@H](CCc1ccccc1)C(C#N)=C(N)O2. The zero-order valence-electron chi connectivity index (χ0n) is 11.8. The maximum atomic E-state index is 9.38. The second-order valence-electron chi connectivity index (χ2n) is 5.14. The number of hydrogen-bond acceptors (Lipinski definition) is 4. The Labute approximate surface area is 123 Å². The van der Waals surface area contributed by atoms with Gasteiger partial charge in [0.25, 0.3) is 0 Å². The van der Waals surface area contributed by atoms with Gasteiger partial charge in [0.1, 0.15) is 6.07 Å². The summed E-state index contributed by atoms with van der Waals surface area (Å²) >= 11 is 0. The van der Waals surface area contributed by atoms with E-state index >= 15 is 0 Å². The minimum absolute atomic E-state index is 0.0716. The van der Waals surface area contributed by atoms with E-state index in [9.17, 15) is 5.26 Å². The molecule has 3 rings (SSSR count). The van der Waals surface area contributed by atoms with Crippen LogP contribution in [-0.4, -0.2) is 10.2 Å². The molecule has 1 aromatic heterocycles. The first-order valence-corrected chi connectivity index (χ1v) is 6.87. The van der Waals surface area contributed by atoms with E-state index in [1.165, 1.54) is 5.56 Å². The first kappa shape index (κ1) is 13.3. The molecule has 1 aliphatic rings. The van der Waals surface area contributed by atoms with Crippen molar-refractivity contribution in [2.45, 2.75) is 25.7 Å². The molecule has 2 heterocycles. The molecule has 0 saturated carbocycles. The van der Waals surface area contributed by atoms with E-state index in [1.54, 1.807) is 0 Å². The lowest BCUT2D eigenvalue weighted by molar-refractivity contribution is 0.371. The van der Waals surface area contributed by atoms with E-state index in [-0.39, 0.29) is 11.8 Å². The van der Waals surface area contributed by atoms with E-state index in [0.29, 0.717) is 11.5 Å². The van der Waals surface area contributed by atoms with Crippen molar-refractivity contribution in [2.24, 2.45) is 5.73 Å². The molecule has 0 unspecified atom stereocenters. The Morgan fingerprint density at radius 3 is 2.86 bits per heavy atom. The topological polar surface area (TPSA) is 87.7 Å². The number of aromatic nitrogens is 2.